The first-order valence-electron chi connectivity index (χ1n) is 7.07. The van der Waals surface area contributed by atoms with Crippen molar-refractivity contribution in [2.45, 2.75) is 33.4 Å². The minimum atomic E-state index is 0.291. The minimum Gasteiger partial charge on any atom is -0.369 e. The molecule has 0 fully saturated rings. The third-order valence-electron chi connectivity index (χ3n) is 3.88. The topological polar surface area (TPSA) is 15.3 Å². The normalized spacial score (nSPS) is 20.0. The van der Waals surface area contributed by atoms with E-state index in [1.165, 1.54) is 17.0 Å². The van der Waals surface area contributed by atoms with Crippen molar-refractivity contribution in [1.29, 1.82) is 0 Å². The lowest BCUT2D eigenvalue weighted by molar-refractivity contribution is 0.272. The summed E-state index contributed by atoms with van der Waals surface area (Å²) in [7, 11) is 0. The second kappa shape index (κ2) is 6.19. The third kappa shape index (κ3) is 3.67. The predicted molar refractivity (Wildman–Crippen MR) is 87.1 cm³/mol. The molecule has 1 aliphatic rings. The smallest absolute Gasteiger partial charge is 0.0412 e. The van der Waals surface area contributed by atoms with E-state index in [9.17, 15) is 0 Å². The van der Waals surface area contributed by atoms with Crippen LogP contribution in [0.15, 0.2) is 24.3 Å². The molecular formula is C16H26N2S. The van der Waals surface area contributed by atoms with E-state index in [-0.39, 0.29) is 0 Å². The first-order valence-corrected chi connectivity index (χ1v) is 8.47. The van der Waals surface area contributed by atoms with Gasteiger partial charge in [-0.25, -0.2) is 0 Å². The average Bonchev–Trinajstić information content (AvgIpc) is 2.55. The summed E-state index contributed by atoms with van der Waals surface area (Å²) in [6.45, 7) is 10.2. The molecule has 0 saturated heterocycles. The van der Waals surface area contributed by atoms with Crippen molar-refractivity contribution >= 4 is 17.4 Å². The average molecular weight is 278 g/mol. The zero-order valence-corrected chi connectivity index (χ0v) is 13.4. The molecule has 0 radical (unpaired) electrons. The first-order chi connectivity index (χ1) is 9.02. The van der Waals surface area contributed by atoms with Gasteiger partial charge in [-0.1, -0.05) is 39.0 Å². The molecule has 1 N–H and O–H groups in total. The van der Waals surface area contributed by atoms with Crippen LogP contribution in [0.1, 0.15) is 26.3 Å². The molecule has 2 nitrogen and oxygen atoms in total. The zero-order chi connectivity index (χ0) is 13.9. The summed E-state index contributed by atoms with van der Waals surface area (Å²) in [5.41, 5.74) is 3.13. The van der Waals surface area contributed by atoms with Crippen molar-refractivity contribution in [2.75, 3.05) is 30.0 Å². The maximum Gasteiger partial charge on any atom is 0.0412 e. The Bertz CT molecular complexity index is 411. The highest BCUT2D eigenvalue weighted by molar-refractivity contribution is 7.98. The van der Waals surface area contributed by atoms with Crippen LogP contribution in [0.5, 0.6) is 0 Å². The largest absolute Gasteiger partial charge is 0.369 e. The number of hydrogen-bond donors (Lipinski definition) is 1. The van der Waals surface area contributed by atoms with Crippen LogP contribution in [0.25, 0.3) is 0 Å². The second-order valence-electron chi connectivity index (χ2n) is 6.37. The molecule has 1 aromatic rings. The van der Waals surface area contributed by atoms with E-state index in [0.29, 0.717) is 11.5 Å². The number of hydrogen-bond acceptors (Lipinski definition) is 3. The fourth-order valence-electron chi connectivity index (χ4n) is 2.58. The molecule has 0 saturated carbocycles. The van der Waals surface area contributed by atoms with Crippen LogP contribution in [0, 0.1) is 5.41 Å². The molecule has 19 heavy (non-hydrogen) atoms. The van der Waals surface area contributed by atoms with Gasteiger partial charge in [-0.15, -0.1) is 0 Å². The Morgan fingerprint density at radius 3 is 2.74 bits per heavy atom. The van der Waals surface area contributed by atoms with Crippen molar-refractivity contribution in [2.24, 2.45) is 5.41 Å². The lowest BCUT2D eigenvalue weighted by atomic mass is 9.86. The van der Waals surface area contributed by atoms with Crippen LogP contribution in [0.3, 0.4) is 0 Å². The van der Waals surface area contributed by atoms with E-state index < -0.39 is 0 Å². The van der Waals surface area contributed by atoms with Gasteiger partial charge in [-0.3, -0.25) is 0 Å². The molecule has 1 heterocycles. The SMILES string of the molecule is CSCCN1CC(C(C)(C)C)NCc2ccccc21. The zero-order valence-electron chi connectivity index (χ0n) is 12.6. The Kier molecular flexibility index (Phi) is 4.80. The predicted octanol–water partition coefficient (Wildman–Crippen LogP) is 3.37. The fourth-order valence-corrected chi connectivity index (χ4v) is 2.98. The Morgan fingerprint density at radius 1 is 1.32 bits per heavy atom. The lowest BCUT2D eigenvalue weighted by Crippen LogP contribution is -2.47. The number of para-hydroxylation sites is 1. The van der Waals surface area contributed by atoms with Gasteiger partial charge in [0.1, 0.15) is 0 Å². The maximum atomic E-state index is 3.74. The molecule has 0 aliphatic carbocycles. The van der Waals surface area contributed by atoms with Crippen LogP contribution in [0.4, 0.5) is 5.69 Å². The van der Waals surface area contributed by atoms with Crippen molar-refractivity contribution in [3.63, 3.8) is 0 Å². The highest BCUT2D eigenvalue weighted by atomic mass is 32.2. The maximum absolute atomic E-state index is 3.74. The van der Waals surface area contributed by atoms with Gasteiger partial charge in [0.15, 0.2) is 0 Å². The molecule has 0 aromatic heterocycles. The van der Waals surface area contributed by atoms with Crippen LogP contribution in [-0.4, -0.2) is 31.1 Å². The Balaban J connectivity index is 2.24. The second-order valence-corrected chi connectivity index (χ2v) is 7.35. The monoisotopic (exact) mass is 278 g/mol. The minimum absolute atomic E-state index is 0.291. The Labute approximate surface area is 122 Å². The number of rotatable bonds is 3. The number of anilines is 1. The number of nitrogens with zero attached hydrogens (tertiary/aromatic N) is 1. The summed E-state index contributed by atoms with van der Waals surface area (Å²) in [6, 6.07) is 9.34. The van der Waals surface area contributed by atoms with E-state index >= 15 is 0 Å². The van der Waals surface area contributed by atoms with Gasteiger partial charge in [0.25, 0.3) is 0 Å². The van der Waals surface area contributed by atoms with Gasteiger partial charge >= 0.3 is 0 Å². The summed E-state index contributed by atoms with van der Waals surface area (Å²) < 4.78 is 0. The fraction of sp³-hybridized carbons (Fsp3) is 0.625. The van der Waals surface area contributed by atoms with Gasteiger partial charge in [0.05, 0.1) is 0 Å². The summed E-state index contributed by atoms with van der Waals surface area (Å²) in [4.78, 5) is 2.56. The van der Waals surface area contributed by atoms with E-state index in [1.54, 1.807) is 0 Å². The molecule has 3 heteroatoms. The highest BCUT2D eigenvalue weighted by Gasteiger charge is 2.29. The van der Waals surface area contributed by atoms with E-state index in [4.69, 9.17) is 0 Å². The van der Waals surface area contributed by atoms with Crippen LogP contribution in [0.2, 0.25) is 0 Å². The molecule has 1 aliphatic heterocycles. The quantitative estimate of drug-likeness (QED) is 0.912. The van der Waals surface area contributed by atoms with Crippen LogP contribution < -0.4 is 10.2 Å². The van der Waals surface area contributed by atoms with Crippen molar-refractivity contribution in [3.05, 3.63) is 29.8 Å². The Morgan fingerprint density at radius 2 is 2.05 bits per heavy atom. The van der Waals surface area contributed by atoms with Crippen molar-refractivity contribution < 1.29 is 0 Å². The summed E-state index contributed by atoms with van der Waals surface area (Å²) in [6.07, 6.45) is 2.18. The molecule has 106 valence electrons. The highest BCUT2D eigenvalue weighted by Crippen LogP contribution is 2.28. The molecular weight excluding hydrogens is 252 g/mol. The van der Waals surface area contributed by atoms with Gasteiger partial charge < -0.3 is 10.2 Å². The van der Waals surface area contributed by atoms with E-state index in [0.717, 1.165) is 19.6 Å². The summed E-state index contributed by atoms with van der Waals surface area (Å²) >= 11 is 1.92. The lowest BCUT2D eigenvalue weighted by Gasteiger charge is -2.34. The van der Waals surface area contributed by atoms with Gasteiger partial charge in [0, 0.05) is 37.1 Å². The molecule has 2 rings (SSSR count). The standard InChI is InChI=1S/C16H26N2S/c1-16(2,3)15-12-18(9-10-19-4)14-8-6-5-7-13(14)11-17-15/h5-8,15,17H,9-12H2,1-4H3. The number of thioether (sulfide) groups is 1. The summed E-state index contributed by atoms with van der Waals surface area (Å²) in [5, 5.41) is 3.74. The molecule has 0 amide bonds. The van der Waals surface area contributed by atoms with E-state index in [2.05, 4.69) is 61.5 Å². The number of nitrogens with one attached hydrogen (secondary N) is 1. The molecule has 1 atom stereocenters. The van der Waals surface area contributed by atoms with Gasteiger partial charge in [-0.2, -0.15) is 11.8 Å². The first kappa shape index (κ1) is 14.7. The molecule has 1 aromatic carbocycles. The molecule has 0 spiro atoms. The van der Waals surface area contributed by atoms with Gasteiger partial charge in [-0.05, 0) is 23.3 Å². The van der Waals surface area contributed by atoms with Crippen LogP contribution >= 0.6 is 11.8 Å². The van der Waals surface area contributed by atoms with Crippen LogP contribution in [-0.2, 0) is 6.54 Å². The third-order valence-corrected chi connectivity index (χ3v) is 4.48. The number of benzene rings is 1. The molecule has 0 bridgehead atoms. The van der Waals surface area contributed by atoms with Gasteiger partial charge in [0.2, 0.25) is 0 Å². The van der Waals surface area contributed by atoms with E-state index in [1.807, 2.05) is 11.8 Å². The van der Waals surface area contributed by atoms with Crippen molar-refractivity contribution in [3.8, 4) is 0 Å². The summed E-state index contributed by atoms with van der Waals surface area (Å²) in [5.74, 6) is 1.19. The molecule has 1 unspecified atom stereocenters. The number of fused-ring (bicyclic) bond motifs is 1. The van der Waals surface area contributed by atoms with Crippen molar-refractivity contribution in [1.82, 2.24) is 5.32 Å². The Hall–Kier alpha value is -0.670.